The first-order valence-electron chi connectivity index (χ1n) is 7.72. The van der Waals surface area contributed by atoms with E-state index < -0.39 is 36.6 Å². The molecule has 1 amide bonds. The van der Waals surface area contributed by atoms with Crippen molar-refractivity contribution in [2.75, 3.05) is 18.5 Å². The number of nitrogens with one attached hydrogen (secondary N) is 1. The molecule has 1 unspecified atom stereocenters. The summed E-state index contributed by atoms with van der Waals surface area (Å²) in [6, 6.07) is 0. The molecule has 0 aromatic carbocycles. The zero-order valence-corrected chi connectivity index (χ0v) is 13.5. The largest absolute Gasteiger partial charge is 0.394 e. The maximum absolute atomic E-state index is 10.8. The average Bonchev–Trinajstić information content (AvgIpc) is 3.08. The third-order valence-corrected chi connectivity index (χ3v) is 4.21. The molecule has 4 atom stereocenters. The number of fused-ring (bicyclic) bond motifs is 1. The van der Waals surface area contributed by atoms with Crippen LogP contribution >= 0.6 is 0 Å². The summed E-state index contributed by atoms with van der Waals surface area (Å²) in [5.41, 5.74) is 4.24. The van der Waals surface area contributed by atoms with E-state index in [1.165, 1.54) is 24.1 Å². The van der Waals surface area contributed by atoms with Crippen molar-refractivity contribution in [3.8, 4) is 0 Å². The lowest BCUT2D eigenvalue weighted by molar-refractivity contribution is -0.117. The third kappa shape index (κ3) is 3.02. The zero-order chi connectivity index (χ0) is 18.2. The first-order valence-corrected chi connectivity index (χ1v) is 7.72. The Kier molecular flexibility index (Phi) is 4.56. The van der Waals surface area contributed by atoms with E-state index in [1.54, 1.807) is 0 Å². The molecule has 1 fully saturated rings. The van der Waals surface area contributed by atoms with Gasteiger partial charge in [-0.1, -0.05) is 0 Å². The second-order valence-electron chi connectivity index (χ2n) is 6.07. The lowest BCUT2D eigenvalue weighted by Crippen LogP contribution is -2.44. The summed E-state index contributed by atoms with van der Waals surface area (Å²) in [6.45, 7) is 1.27. The Morgan fingerprint density at radius 1 is 1.48 bits per heavy atom. The second-order valence-corrected chi connectivity index (χ2v) is 6.07. The van der Waals surface area contributed by atoms with Crippen LogP contribution in [0.2, 0.25) is 0 Å². The highest BCUT2D eigenvalue weighted by molar-refractivity contribution is 5.83. The van der Waals surface area contributed by atoms with E-state index in [4.69, 9.17) is 10.5 Å². The fraction of sp³-hybridized carbons (Fsp3) is 0.571. The molecule has 0 bridgehead atoms. The number of ether oxygens (including phenoxy) is 1. The van der Waals surface area contributed by atoms with Gasteiger partial charge in [-0.15, -0.1) is 0 Å². The van der Waals surface area contributed by atoms with Gasteiger partial charge in [-0.3, -0.25) is 9.36 Å². The number of carbonyl (C=O) groups excluding carboxylic acids is 1. The van der Waals surface area contributed by atoms with Crippen LogP contribution in [0.1, 0.15) is 19.6 Å². The van der Waals surface area contributed by atoms with Crippen molar-refractivity contribution in [3.05, 3.63) is 12.7 Å². The molecule has 0 spiro atoms. The summed E-state index contributed by atoms with van der Waals surface area (Å²) < 4.78 is 7.04. The lowest BCUT2D eigenvalue weighted by Gasteiger charge is -2.27. The molecule has 0 saturated carbocycles. The molecule has 0 radical (unpaired) electrons. The Morgan fingerprint density at radius 2 is 2.24 bits per heavy atom. The fourth-order valence-corrected chi connectivity index (χ4v) is 2.85. The van der Waals surface area contributed by atoms with Gasteiger partial charge in [0.05, 0.1) is 12.9 Å². The van der Waals surface area contributed by atoms with Gasteiger partial charge in [0.1, 0.15) is 24.1 Å². The van der Waals surface area contributed by atoms with Crippen LogP contribution in [0.3, 0.4) is 0 Å². The fourth-order valence-electron chi connectivity index (χ4n) is 2.85. The standard InChI is InChI=1S/C14H20N6O5/c1-14(24)10(23)7(4-21)25-13(14)20-6-19-9-11(16-3-2-8(15)22)17-5-18-12(9)20/h5-7,10,13,21,23-24H,2-4H2,1H3,(H2,15,22)(H,16,17,18)/t7-,10-,13?,14-/m1/s1. The number of anilines is 1. The molecule has 0 aliphatic carbocycles. The van der Waals surface area contributed by atoms with E-state index in [0.717, 1.165) is 0 Å². The van der Waals surface area contributed by atoms with Crippen LogP contribution in [0, 0.1) is 0 Å². The zero-order valence-electron chi connectivity index (χ0n) is 13.5. The number of carbonyl (C=O) groups is 1. The Morgan fingerprint density at radius 3 is 2.88 bits per heavy atom. The van der Waals surface area contributed by atoms with Gasteiger partial charge in [0, 0.05) is 13.0 Å². The molecule has 25 heavy (non-hydrogen) atoms. The van der Waals surface area contributed by atoms with E-state index in [0.29, 0.717) is 17.0 Å². The van der Waals surface area contributed by atoms with Gasteiger partial charge in [-0.25, -0.2) is 15.0 Å². The highest BCUT2D eigenvalue weighted by Crippen LogP contribution is 2.39. The second kappa shape index (κ2) is 6.52. The van der Waals surface area contributed by atoms with Crippen LogP contribution < -0.4 is 11.1 Å². The summed E-state index contributed by atoms with van der Waals surface area (Å²) in [5, 5.41) is 32.9. The summed E-state index contributed by atoms with van der Waals surface area (Å²) >= 11 is 0. The van der Waals surface area contributed by atoms with Crippen LogP contribution in [0.15, 0.2) is 12.7 Å². The summed E-state index contributed by atoms with van der Waals surface area (Å²) in [4.78, 5) is 23.3. The number of rotatable bonds is 6. The van der Waals surface area contributed by atoms with Crippen molar-refractivity contribution in [1.29, 1.82) is 0 Å². The average molecular weight is 352 g/mol. The number of imidazole rings is 1. The number of hydrogen-bond donors (Lipinski definition) is 5. The minimum absolute atomic E-state index is 0.136. The Bertz CT molecular complexity index is 778. The summed E-state index contributed by atoms with van der Waals surface area (Å²) in [7, 11) is 0. The normalized spacial score (nSPS) is 29.2. The topological polar surface area (TPSA) is 169 Å². The number of aliphatic hydroxyl groups excluding tert-OH is 2. The van der Waals surface area contributed by atoms with E-state index in [9.17, 15) is 20.1 Å². The smallest absolute Gasteiger partial charge is 0.219 e. The molecular formula is C14H20N6O5. The van der Waals surface area contributed by atoms with E-state index >= 15 is 0 Å². The van der Waals surface area contributed by atoms with Crippen LogP contribution in [-0.4, -0.2) is 71.7 Å². The minimum Gasteiger partial charge on any atom is -0.394 e. The van der Waals surface area contributed by atoms with Crippen LogP contribution in [-0.2, 0) is 9.53 Å². The van der Waals surface area contributed by atoms with E-state index in [-0.39, 0.29) is 13.0 Å². The molecule has 1 aliphatic heterocycles. The molecule has 3 heterocycles. The van der Waals surface area contributed by atoms with Gasteiger partial charge >= 0.3 is 0 Å². The number of aromatic nitrogens is 4. The third-order valence-electron chi connectivity index (χ3n) is 4.21. The van der Waals surface area contributed by atoms with Crippen LogP contribution in [0.5, 0.6) is 0 Å². The number of hydrogen-bond acceptors (Lipinski definition) is 9. The molecule has 1 aliphatic rings. The number of amides is 1. The number of nitrogens with zero attached hydrogens (tertiary/aromatic N) is 4. The maximum Gasteiger partial charge on any atom is 0.219 e. The highest BCUT2D eigenvalue weighted by atomic mass is 16.6. The number of aliphatic hydroxyl groups is 3. The first-order chi connectivity index (χ1) is 11.9. The molecule has 136 valence electrons. The van der Waals surface area contributed by atoms with E-state index in [1.807, 2.05) is 0 Å². The monoisotopic (exact) mass is 352 g/mol. The number of primary amides is 1. The van der Waals surface area contributed by atoms with Crippen molar-refractivity contribution in [2.24, 2.45) is 5.73 Å². The maximum atomic E-state index is 10.8. The predicted molar refractivity (Wildman–Crippen MR) is 85.3 cm³/mol. The van der Waals surface area contributed by atoms with Crippen LogP contribution in [0.25, 0.3) is 11.2 Å². The lowest BCUT2D eigenvalue weighted by atomic mass is 9.96. The molecule has 3 rings (SSSR count). The van der Waals surface area contributed by atoms with Gasteiger partial charge in [-0.2, -0.15) is 0 Å². The molecule has 11 nitrogen and oxygen atoms in total. The van der Waals surface area contributed by atoms with Gasteiger partial charge in [0.2, 0.25) is 5.91 Å². The Labute approximate surface area is 142 Å². The highest BCUT2D eigenvalue weighted by Gasteiger charge is 2.53. The predicted octanol–water partition coefficient (Wildman–Crippen LogP) is -1.88. The van der Waals surface area contributed by atoms with Gasteiger partial charge < -0.3 is 31.1 Å². The van der Waals surface area contributed by atoms with Crippen molar-refractivity contribution in [2.45, 2.75) is 37.4 Å². The van der Waals surface area contributed by atoms with Crippen molar-refractivity contribution >= 4 is 22.9 Å². The van der Waals surface area contributed by atoms with E-state index in [2.05, 4.69) is 20.3 Å². The quantitative estimate of drug-likeness (QED) is 0.399. The van der Waals surface area contributed by atoms with Gasteiger partial charge in [-0.05, 0) is 6.92 Å². The first kappa shape index (κ1) is 17.5. The van der Waals surface area contributed by atoms with Crippen LogP contribution in [0.4, 0.5) is 5.82 Å². The molecule has 2 aromatic heterocycles. The molecule has 6 N–H and O–H groups in total. The van der Waals surface area contributed by atoms with Crippen molar-refractivity contribution in [1.82, 2.24) is 19.5 Å². The van der Waals surface area contributed by atoms with Crippen molar-refractivity contribution in [3.63, 3.8) is 0 Å². The minimum atomic E-state index is -1.65. The summed E-state index contributed by atoms with van der Waals surface area (Å²) in [5.74, 6) is -0.0374. The molecule has 2 aromatic rings. The van der Waals surface area contributed by atoms with Gasteiger partial charge in [0.15, 0.2) is 23.2 Å². The summed E-state index contributed by atoms with van der Waals surface area (Å²) in [6.07, 6.45) is -0.335. The van der Waals surface area contributed by atoms with Gasteiger partial charge in [0.25, 0.3) is 0 Å². The molecule has 11 heteroatoms. The SMILES string of the molecule is C[C@]1(O)C(n2cnc3c(NCCC(N)=O)ncnc32)O[C@H](CO)[C@H]1O. The molecular weight excluding hydrogens is 332 g/mol. The Balaban J connectivity index is 1.92. The molecule has 1 saturated heterocycles. The van der Waals surface area contributed by atoms with Crippen molar-refractivity contribution < 1.29 is 24.9 Å². The number of nitrogens with two attached hydrogens (primary N) is 1. The Hall–Kier alpha value is -2.34.